The lowest BCUT2D eigenvalue weighted by Gasteiger charge is -2.19. The van der Waals surface area contributed by atoms with Crippen LogP contribution < -0.4 is 15.5 Å². The Hall–Kier alpha value is -2.41. The van der Waals surface area contributed by atoms with Crippen LogP contribution in [0.15, 0.2) is 42.5 Å². The quantitative estimate of drug-likeness (QED) is 0.599. The van der Waals surface area contributed by atoms with Gasteiger partial charge in [-0.1, -0.05) is 23.7 Å². The van der Waals surface area contributed by atoms with Gasteiger partial charge in [0.2, 0.25) is 0 Å². The van der Waals surface area contributed by atoms with Crippen molar-refractivity contribution in [1.29, 1.82) is 0 Å². The fourth-order valence-electron chi connectivity index (χ4n) is 2.76. The molecule has 0 saturated carbocycles. The highest BCUT2D eigenvalue weighted by atomic mass is 35.5. The molecule has 0 saturated heterocycles. The number of carbonyl (C=O) groups is 2. The number of quaternary nitrogens is 1. The van der Waals surface area contributed by atoms with E-state index in [9.17, 15) is 9.59 Å². The van der Waals surface area contributed by atoms with Crippen LogP contribution >= 0.6 is 11.6 Å². The molecule has 150 valence electrons. The van der Waals surface area contributed by atoms with Crippen LogP contribution in [0.5, 0.6) is 0 Å². The summed E-state index contributed by atoms with van der Waals surface area (Å²) in [7, 11) is 1.60. The SMILES string of the molecule is COCC[NH+](CC(=O)Nc1ccc(Cl)cc1)CC(=O)Nc1cccc(C)c1C. The van der Waals surface area contributed by atoms with Gasteiger partial charge in [-0.3, -0.25) is 9.59 Å². The highest BCUT2D eigenvalue weighted by Gasteiger charge is 2.19. The van der Waals surface area contributed by atoms with Crippen LogP contribution in [-0.4, -0.2) is 45.2 Å². The number of hydrogen-bond donors (Lipinski definition) is 3. The van der Waals surface area contributed by atoms with E-state index in [2.05, 4.69) is 10.6 Å². The van der Waals surface area contributed by atoms with Gasteiger partial charge in [0, 0.05) is 23.5 Å². The van der Waals surface area contributed by atoms with Crippen LogP contribution in [0, 0.1) is 13.8 Å². The first kappa shape index (κ1) is 21.9. The molecule has 1 unspecified atom stereocenters. The van der Waals surface area contributed by atoms with Gasteiger partial charge in [0.25, 0.3) is 11.8 Å². The van der Waals surface area contributed by atoms with Gasteiger partial charge in [-0.15, -0.1) is 0 Å². The maximum atomic E-state index is 12.5. The van der Waals surface area contributed by atoms with Crippen LogP contribution in [0.4, 0.5) is 11.4 Å². The van der Waals surface area contributed by atoms with Crippen molar-refractivity contribution in [1.82, 2.24) is 0 Å². The van der Waals surface area contributed by atoms with Crippen LogP contribution in [-0.2, 0) is 14.3 Å². The van der Waals surface area contributed by atoms with Crippen molar-refractivity contribution in [2.75, 3.05) is 44.0 Å². The highest BCUT2D eigenvalue weighted by Crippen LogP contribution is 2.17. The predicted octanol–water partition coefficient (Wildman–Crippen LogP) is 2.07. The summed E-state index contributed by atoms with van der Waals surface area (Å²) in [6.07, 6.45) is 0. The summed E-state index contributed by atoms with van der Waals surface area (Å²) in [5.74, 6) is -0.313. The van der Waals surface area contributed by atoms with E-state index in [0.29, 0.717) is 23.9 Å². The van der Waals surface area contributed by atoms with E-state index >= 15 is 0 Å². The molecule has 2 rings (SSSR count). The maximum Gasteiger partial charge on any atom is 0.279 e. The topological polar surface area (TPSA) is 71.9 Å². The highest BCUT2D eigenvalue weighted by molar-refractivity contribution is 6.30. The third-order valence-electron chi connectivity index (χ3n) is 4.49. The zero-order chi connectivity index (χ0) is 20.5. The Morgan fingerprint density at radius 1 is 1.00 bits per heavy atom. The molecule has 7 heteroatoms. The molecule has 2 amide bonds. The van der Waals surface area contributed by atoms with Gasteiger partial charge in [-0.25, -0.2) is 0 Å². The second-order valence-electron chi connectivity index (χ2n) is 6.70. The molecule has 1 atom stereocenters. The smallest absolute Gasteiger partial charge is 0.279 e. The third-order valence-corrected chi connectivity index (χ3v) is 4.74. The Labute approximate surface area is 170 Å². The number of aryl methyl sites for hydroxylation is 1. The molecule has 0 aliphatic rings. The first-order valence-electron chi connectivity index (χ1n) is 9.13. The molecular formula is C21H27ClN3O3+. The van der Waals surface area contributed by atoms with E-state index in [0.717, 1.165) is 21.7 Å². The molecule has 0 bridgehead atoms. The summed E-state index contributed by atoms with van der Waals surface area (Å²) in [4.78, 5) is 25.7. The van der Waals surface area contributed by atoms with Crippen LogP contribution in [0.2, 0.25) is 5.02 Å². The number of methoxy groups -OCH3 is 1. The molecule has 2 aromatic carbocycles. The van der Waals surface area contributed by atoms with E-state index in [4.69, 9.17) is 16.3 Å². The fourth-order valence-corrected chi connectivity index (χ4v) is 2.89. The van der Waals surface area contributed by atoms with E-state index in [1.165, 1.54) is 0 Å². The molecule has 0 fully saturated rings. The van der Waals surface area contributed by atoms with Gasteiger partial charge >= 0.3 is 0 Å². The number of rotatable bonds is 9. The minimum absolute atomic E-state index is 0.140. The monoisotopic (exact) mass is 404 g/mol. The lowest BCUT2D eigenvalue weighted by Crippen LogP contribution is -3.14. The molecular weight excluding hydrogens is 378 g/mol. The number of amides is 2. The van der Waals surface area contributed by atoms with E-state index in [1.54, 1.807) is 31.4 Å². The second kappa shape index (κ2) is 10.8. The molecule has 0 heterocycles. The van der Waals surface area contributed by atoms with Gasteiger partial charge in [0.15, 0.2) is 13.1 Å². The van der Waals surface area contributed by atoms with Crippen molar-refractivity contribution >= 4 is 34.8 Å². The number of anilines is 2. The van der Waals surface area contributed by atoms with Gasteiger partial charge in [-0.05, 0) is 55.3 Å². The molecule has 0 spiro atoms. The third kappa shape index (κ3) is 6.96. The lowest BCUT2D eigenvalue weighted by atomic mass is 10.1. The lowest BCUT2D eigenvalue weighted by molar-refractivity contribution is -0.883. The number of nitrogens with one attached hydrogen (secondary N) is 3. The van der Waals surface area contributed by atoms with Gasteiger partial charge in [0.05, 0.1) is 6.61 Å². The standard InChI is InChI=1S/C21H26ClN3O3/c1-15-5-4-6-19(16(15)2)24-21(27)14-25(11-12-28-3)13-20(26)23-18-9-7-17(22)8-10-18/h4-10H,11-14H2,1-3H3,(H,23,26)(H,24,27)/p+1. The molecule has 6 nitrogen and oxygen atoms in total. The summed E-state index contributed by atoms with van der Waals surface area (Å²) in [5, 5.41) is 6.37. The largest absolute Gasteiger partial charge is 0.379 e. The van der Waals surface area contributed by atoms with E-state index in [-0.39, 0.29) is 24.9 Å². The molecule has 2 aromatic rings. The Kier molecular flexibility index (Phi) is 8.44. The Balaban J connectivity index is 1.95. The average molecular weight is 405 g/mol. The van der Waals surface area contributed by atoms with Crippen molar-refractivity contribution < 1.29 is 19.2 Å². The molecule has 0 radical (unpaired) electrons. The van der Waals surface area contributed by atoms with Crippen molar-refractivity contribution in [2.45, 2.75) is 13.8 Å². The number of ether oxygens (including phenoxy) is 1. The van der Waals surface area contributed by atoms with Gasteiger partial charge in [-0.2, -0.15) is 0 Å². The van der Waals surface area contributed by atoms with Crippen molar-refractivity contribution in [3.63, 3.8) is 0 Å². The van der Waals surface area contributed by atoms with Crippen LogP contribution in [0.1, 0.15) is 11.1 Å². The zero-order valence-electron chi connectivity index (χ0n) is 16.5. The second-order valence-corrected chi connectivity index (χ2v) is 7.13. The fraction of sp³-hybridized carbons (Fsp3) is 0.333. The predicted molar refractivity (Wildman–Crippen MR) is 112 cm³/mol. The van der Waals surface area contributed by atoms with E-state index < -0.39 is 0 Å². The summed E-state index contributed by atoms with van der Waals surface area (Å²) < 4.78 is 5.12. The van der Waals surface area contributed by atoms with Crippen LogP contribution in [0.3, 0.4) is 0 Å². The molecule has 0 aliphatic carbocycles. The molecule has 3 N–H and O–H groups in total. The average Bonchev–Trinajstić information content (AvgIpc) is 2.65. The van der Waals surface area contributed by atoms with Gasteiger partial charge < -0.3 is 20.3 Å². The minimum atomic E-state index is -0.173. The summed E-state index contributed by atoms with van der Waals surface area (Å²) >= 11 is 5.86. The van der Waals surface area contributed by atoms with Gasteiger partial charge in [0.1, 0.15) is 6.54 Å². The summed E-state index contributed by atoms with van der Waals surface area (Å²) in [6.45, 7) is 5.31. The van der Waals surface area contributed by atoms with Crippen LogP contribution in [0.25, 0.3) is 0 Å². The summed E-state index contributed by atoms with van der Waals surface area (Å²) in [6, 6.07) is 12.7. The Morgan fingerprint density at radius 3 is 2.29 bits per heavy atom. The normalized spacial score (nSPS) is 11.7. The maximum absolute atomic E-state index is 12.5. The molecule has 0 aliphatic heterocycles. The Morgan fingerprint density at radius 2 is 1.64 bits per heavy atom. The molecule has 0 aromatic heterocycles. The number of benzene rings is 2. The number of carbonyl (C=O) groups excluding carboxylic acids is 2. The first-order chi connectivity index (χ1) is 13.4. The van der Waals surface area contributed by atoms with Crippen molar-refractivity contribution in [3.8, 4) is 0 Å². The molecule has 28 heavy (non-hydrogen) atoms. The number of hydrogen-bond acceptors (Lipinski definition) is 3. The Bertz CT molecular complexity index is 809. The summed E-state index contributed by atoms with van der Waals surface area (Å²) in [5.41, 5.74) is 3.61. The van der Waals surface area contributed by atoms with E-state index in [1.807, 2.05) is 32.0 Å². The number of halogens is 1. The first-order valence-corrected chi connectivity index (χ1v) is 9.51. The van der Waals surface area contributed by atoms with Crippen molar-refractivity contribution in [3.05, 3.63) is 58.6 Å². The minimum Gasteiger partial charge on any atom is -0.379 e. The van der Waals surface area contributed by atoms with Crippen molar-refractivity contribution in [2.24, 2.45) is 0 Å². The zero-order valence-corrected chi connectivity index (χ0v) is 17.2.